The van der Waals surface area contributed by atoms with E-state index < -0.39 is 0 Å². The van der Waals surface area contributed by atoms with Crippen LogP contribution < -0.4 is 15.4 Å². The summed E-state index contributed by atoms with van der Waals surface area (Å²) in [4.78, 5) is 4.23. The number of guanidine groups is 1. The normalized spacial score (nSPS) is 12.1. The number of benzene rings is 1. The molecule has 0 amide bonds. The molecule has 0 atom stereocenters. The van der Waals surface area contributed by atoms with Gasteiger partial charge < -0.3 is 15.4 Å². The molecule has 25 heavy (non-hydrogen) atoms. The Morgan fingerprint density at radius 1 is 1.20 bits per heavy atom. The van der Waals surface area contributed by atoms with E-state index >= 15 is 0 Å². The average Bonchev–Trinajstić information content (AvgIpc) is 2.99. The van der Waals surface area contributed by atoms with Crippen LogP contribution in [0.2, 0.25) is 0 Å². The quantitative estimate of drug-likeness (QED) is 0.480. The van der Waals surface area contributed by atoms with Crippen LogP contribution in [0.3, 0.4) is 0 Å². The Hall–Kier alpha value is -2.50. The molecule has 6 nitrogen and oxygen atoms in total. The van der Waals surface area contributed by atoms with E-state index in [9.17, 15) is 0 Å². The molecule has 0 bridgehead atoms. The second-order valence-electron chi connectivity index (χ2n) is 6.89. The molecule has 136 valence electrons. The first-order valence-electron chi connectivity index (χ1n) is 8.55. The van der Waals surface area contributed by atoms with Gasteiger partial charge >= 0.3 is 0 Å². The van der Waals surface area contributed by atoms with Gasteiger partial charge in [0.2, 0.25) is 0 Å². The van der Waals surface area contributed by atoms with E-state index in [2.05, 4.69) is 53.6 Å². The van der Waals surface area contributed by atoms with Crippen molar-refractivity contribution in [2.75, 3.05) is 20.2 Å². The van der Waals surface area contributed by atoms with Gasteiger partial charge in [-0.2, -0.15) is 5.10 Å². The zero-order valence-corrected chi connectivity index (χ0v) is 15.8. The van der Waals surface area contributed by atoms with Crippen LogP contribution in [-0.4, -0.2) is 35.9 Å². The van der Waals surface area contributed by atoms with Crippen molar-refractivity contribution in [2.45, 2.75) is 32.7 Å². The molecule has 2 aromatic rings. The number of hydrogen-bond donors (Lipinski definition) is 2. The lowest BCUT2D eigenvalue weighted by atomic mass is 9.86. The summed E-state index contributed by atoms with van der Waals surface area (Å²) in [6, 6.07) is 10.2. The summed E-state index contributed by atoms with van der Waals surface area (Å²) in [7, 11) is 3.68. The topological polar surface area (TPSA) is 63.5 Å². The summed E-state index contributed by atoms with van der Waals surface area (Å²) in [5.41, 5.74) is 2.37. The van der Waals surface area contributed by atoms with Crippen molar-refractivity contribution in [1.82, 2.24) is 20.4 Å². The molecule has 0 unspecified atom stereocenters. The number of aromatic nitrogens is 2. The number of aryl methyl sites for hydroxylation is 1. The largest absolute Gasteiger partial charge is 0.491 e. The van der Waals surface area contributed by atoms with E-state index in [1.54, 1.807) is 13.2 Å². The van der Waals surface area contributed by atoms with Crippen LogP contribution in [-0.2, 0) is 19.0 Å². The summed E-state index contributed by atoms with van der Waals surface area (Å²) in [5.74, 6) is 1.68. The van der Waals surface area contributed by atoms with Crippen molar-refractivity contribution in [3.8, 4) is 5.75 Å². The summed E-state index contributed by atoms with van der Waals surface area (Å²) < 4.78 is 7.81. The van der Waals surface area contributed by atoms with Crippen LogP contribution in [0.15, 0.2) is 41.5 Å². The van der Waals surface area contributed by atoms with Gasteiger partial charge in [0.15, 0.2) is 5.96 Å². The number of ether oxygens (including phenoxy) is 1. The van der Waals surface area contributed by atoms with E-state index in [0.29, 0.717) is 19.7 Å². The summed E-state index contributed by atoms with van der Waals surface area (Å²) in [6.45, 7) is 8.49. The first-order valence-corrected chi connectivity index (χ1v) is 8.55. The van der Waals surface area contributed by atoms with E-state index in [4.69, 9.17) is 4.74 Å². The molecule has 1 aromatic heterocycles. The van der Waals surface area contributed by atoms with E-state index in [1.165, 1.54) is 5.56 Å². The van der Waals surface area contributed by atoms with Crippen molar-refractivity contribution in [3.63, 3.8) is 0 Å². The SMILES string of the molecule is CN=C(NCCOc1ccccc1C(C)(C)C)NCc1ccnn1C. The lowest BCUT2D eigenvalue weighted by Gasteiger charge is -2.22. The molecule has 0 fully saturated rings. The zero-order valence-electron chi connectivity index (χ0n) is 15.8. The van der Waals surface area contributed by atoms with Gasteiger partial charge in [0.05, 0.1) is 18.8 Å². The molecule has 0 aliphatic rings. The number of hydrogen-bond acceptors (Lipinski definition) is 3. The maximum absolute atomic E-state index is 5.97. The lowest BCUT2D eigenvalue weighted by molar-refractivity contribution is 0.313. The Balaban J connectivity index is 1.79. The molecule has 0 aliphatic heterocycles. The maximum Gasteiger partial charge on any atom is 0.191 e. The van der Waals surface area contributed by atoms with Crippen LogP contribution in [0.4, 0.5) is 0 Å². The molecule has 0 saturated carbocycles. The van der Waals surface area contributed by atoms with Crippen LogP contribution in [0.1, 0.15) is 32.0 Å². The average molecular weight is 343 g/mol. The third kappa shape index (κ3) is 5.52. The Morgan fingerprint density at radius 3 is 2.60 bits per heavy atom. The minimum atomic E-state index is 0.0602. The molecule has 0 spiro atoms. The minimum absolute atomic E-state index is 0.0602. The van der Waals surface area contributed by atoms with Gasteiger partial charge in [-0.3, -0.25) is 9.67 Å². The van der Waals surface area contributed by atoms with Gasteiger partial charge in [0, 0.05) is 20.3 Å². The highest BCUT2D eigenvalue weighted by molar-refractivity contribution is 5.79. The first kappa shape index (κ1) is 18.8. The predicted molar refractivity (Wildman–Crippen MR) is 102 cm³/mol. The molecule has 6 heteroatoms. The van der Waals surface area contributed by atoms with Crippen LogP contribution in [0, 0.1) is 0 Å². The van der Waals surface area contributed by atoms with E-state index in [-0.39, 0.29) is 5.41 Å². The number of aliphatic imine (C=N–C) groups is 1. The molecule has 1 heterocycles. The highest BCUT2D eigenvalue weighted by Crippen LogP contribution is 2.30. The second-order valence-corrected chi connectivity index (χ2v) is 6.89. The monoisotopic (exact) mass is 343 g/mol. The van der Waals surface area contributed by atoms with Crippen molar-refractivity contribution in [2.24, 2.45) is 12.0 Å². The molecular formula is C19H29N5O. The van der Waals surface area contributed by atoms with Gasteiger partial charge in [-0.05, 0) is 23.1 Å². The summed E-state index contributed by atoms with van der Waals surface area (Å²) in [5, 5.41) is 10.7. The maximum atomic E-state index is 5.97. The van der Waals surface area contributed by atoms with Crippen molar-refractivity contribution in [3.05, 3.63) is 47.8 Å². The Labute approximate surface area is 150 Å². The van der Waals surface area contributed by atoms with E-state index in [0.717, 1.165) is 17.4 Å². The van der Waals surface area contributed by atoms with E-state index in [1.807, 2.05) is 29.9 Å². The first-order chi connectivity index (χ1) is 11.9. The predicted octanol–water partition coefficient (Wildman–Crippen LogP) is 2.46. The van der Waals surface area contributed by atoms with Crippen LogP contribution >= 0.6 is 0 Å². The number of nitrogens with one attached hydrogen (secondary N) is 2. The number of para-hydroxylation sites is 1. The van der Waals surface area contributed by atoms with Crippen molar-refractivity contribution < 1.29 is 4.74 Å². The number of nitrogens with zero attached hydrogens (tertiary/aromatic N) is 3. The summed E-state index contributed by atoms with van der Waals surface area (Å²) in [6.07, 6.45) is 1.79. The Bertz CT molecular complexity index is 700. The van der Waals surface area contributed by atoms with Gasteiger partial charge in [-0.25, -0.2) is 0 Å². The zero-order chi connectivity index (χ0) is 18.3. The van der Waals surface area contributed by atoms with Crippen LogP contribution in [0.5, 0.6) is 5.75 Å². The highest BCUT2D eigenvalue weighted by atomic mass is 16.5. The second kappa shape index (κ2) is 8.55. The van der Waals surface area contributed by atoms with Gasteiger partial charge in [0.25, 0.3) is 0 Å². The highest BCUT2D eigenvalue weighted by Gasteiger charge is 2.18. The number of rotatable bonds is 6. The van der Waals surface area contributed by atoms with Gasteiger partial charge in [0.1, 0.15) is 12.4 Å². The minimum Gasteiger partial charge on any atom is -0.491 e. The third-order valence-corrected chi connectivity index (χ3v) is 3.93. The molecular weight excluding hydrogens is 314 g/mol. The van der Waals surface area contributed by atoms with Gasteiger partial charge in [-0.15, -0.1) is 0 Å². The lowest BCUT2D eigenvalue weighted by Crippen LogP contribution is -2.39. The molecule has 0 aliphatic carbocycles. The van der Waals surface area contributed by atoms with Crippen LogP contribution in [0.25, 0.3) is 0 Å². The smallest absolute Gasteiger partial charge is 0.191 e. The van der Waals surface area contributed by atoms with Crippen molar-refractivity contribution >= 4 is 5.96 Å². The van der Waals surface area contributed by atoms with Gasteiger partial charge in [-0.1, -0.05) is 39.0 Å². The molecule has 0 saturated heterocycles. The molecule has 1 aromatic carbocycles. The molecule has 2 rings (SSSR count). The molecule has 2 N–H and O–H groups in total. The fraction of sp³-hybridized carbons (Fsp3) is 0.474. The Morgan fingerprint density at radius 2 is 1.96 bits per heavy atom. The summed E-state index contributed by atoms with van der Waals surface area (Å²) >= 11 is 0. The third-order valence-electron chi connectivity index (χ3n) is 3.93. The fourth-order valence-electron chi connectivity index (χ4n) is 2.51. The fourth-order valence-corrected chi connectivity index (χ4v) is 2.51. The molecule has 0 radical (unpaired) electrons. The standard InChI is InChI=1S/C19H29N5O/c1-19(2,3)16-8-6-7-9-17(16)25-13-12-21-18(20-4)22-14-15-10-11-23-24(15)5/h6-11H,12-14H2,1-5H3,(H2,20,21,22). The Kier molecular flexibility index (Phi) is 6.44. The van der Waals surface area contributed by atoms with Crippen molar-refractivity contribution in [1.29, 1.82) is 0 Å².